The Bertz CT molecular complexity index is 426. The molecule has 4 heteroatoms. The van der Waals surface area contributed by atoms with Gasteiger partial charge in [-0.25, -0.2) is 9.18 Å². The molecule has 0 aromatic heterocycles. The Morgan fingerprint density at radius 3 is 2.86 bits per heavy atom. The second-order valence-electron chi connectivity index (χ2n) is 3.85. The van der Waals surface area contributed by atoms with E-state index in [-0.39, 0.29) is 17.4 Å². The van der Waals surface area contributed by atoms with Crippen LogP contribution >= 0.6 is 0 Å². The molecule has 72 valence electrons. The molecule has 2 N–H and O–H groups in total. The van der Waals surface area contributed by atoms with Crippen LogP contribution < -0.4 is 10.6 Å². The topological polar surface area (TPSA) is 41.1 Å². The minimum atomic E-state index is -0.318. The SMILES string of the molecule is O=C1Nc2cc(F)ccc2C2(CC2)N1. The number of rotatable bonds is 0. The van der Waals surface area contributed by atoms with E-state index in [0.717, 1.165) is 18.4 Å². The second-order valence-corrected chi connectivity index (χ2v) is 3.85. The fourth-order valence-electron chi connectivity index (χ4n) is 1.99. The van der Waals surface area contributed by atoms with E-state index in [1.54, 1.807) is 6.07 Å². The zero-order valence-corrected chi connectivity index (χ0v) is 7.43. The summed E-state index contributed by atoms with van der Waals surface area (Å²) >= 11 is 0. The Balaban J connectivity index is 2.17. The number of halogens is 1. The fraction of sp³-hybridized carbons (Fsp3) is 0.300. The standard InChI is InChI=1S/C10H9FN2O/c11-6-1-2-7-8(5-6)12-9(14)13-10(7)3-4-10/h1-2,5H,3-4H2,(H2,12,13,14). The normalized spacial score (nSPS) is 21.1. The molecular weight excluding hydrogens is 183 g/mol. The smallest absolute Gasteiger partial charge is 0.319 e. The third kappa shape index (κ3) is 0.937. The fourth-order valence-corrected chi connectivity index (χ4v) is 1.99. The van der Waals surface area contributed by atoms with Crippen LogP contribution in [0.2, 0.25) is 0 Å². The van der Waals surface area contributed by atoms with Crippen molar-refractivity contribution in [2.45, 2.75) is 18.4 Å². The number of fused-ring (bicyclic) bond motifs is 2. The lowest BCUT2D eigenvalue weighted by molar-refractivity contribution is 0.246. The summed E-state index contributed by atoms with van der Waals surface area (Å²) in [6.45, 7) is 0. The van der Waals surface area contributed by atoms with E-state index in [1.807, 2.05) is 0 Å². The molecule has 0 radical (unpaired) electrons. The van der Waals surface area contributed by atoms with Crippen LogP contribution in [0.3, 0.4) is 0 Å². The summed E-state index contributed by atoms with van der Waals surface area (Å²) in [6.07, 6.45) is 1.89. The molecular formula is C10H9FN2O. The van der Waals surface area contributed by atoms with Crippen molar-refractivity contribution < 1.29 is 9.18 Å². The minimum absolute atomic E-state index is 0.203. The lowest BCUT2D eigenvalue weighted by Gasteiger charge is -2.27. The van der Waals surface area contributed by atoms with Crippen molar-refractivity contribution in [3.05, 3.63) is 29.6 Å². The number of amides is 2. The summed E-state index contributed by atoms with van der Waals surface area (Å²) < 4.78 is 12.9. The van der Waals surface area contributed by atoms with Crippen LogP contribution in [0.1, 0.15) is 18.4 Å². The first-order chi connectivity index (χ1) is 6.70. The molecule has 3 rings (SSSR count). The highest BCUT2D eigenvalue weighted by Crippen LogP contribution is 2.49. The summed E-state index contributed by atoms with van der Waals surface area (Å²) in [5.41, 5.74) is 1.40. The van der Waals surface area contributed by atoms with E-state index in [9.17, 15) is 9.18 Å². The Hall–Kier alpha value is -1.58. The Morgan fingerprint density at radius 2 is 2.14 bits per heavy atom. The minimum Gasteiger partial charge on any atom is -0.328 e. The zero-order valence-electron chi connectivity index (χ0n) is 7.43. The molecule has 1 aliphatic heterocycles. The Labute approximate surface area is 80.3 Å². The molecule has 0 saturated heterocycles. The van der Waals surface area contributed by atoms with Crippen LogP contribution in [0.25, 0.3) is 0 Å². The van der Waals surface area contributed by atoms with Gasteiger partial charge in [0, 0.05) is 5.56 Å². The third-order valence-electron chi connectivity index (χ3n) is 2.85. The largest absolute Gasteiger partial charge is 0.328 e. The quantitative estimate of drug-likeness (QED) is 0.648. The van der Waals surface area contributed by atoms with E-state index >= 15 is 0 Å². The molecule has 1 spiro atoms. The molecule has 0 atom stereocenters. The van der Waals surface area contributed by atoms with Crippen molar-refractivity contribution in [3.63, 3.8) is 0 Å². The summed E-state index contributed by atoms with van der Waals surface area (Å²) in [4.78, 5) is 11.2. The van der Waals surface area contributed by atoms with E-state index in [4.69, 9.17) is 0 Å². The maximum atomic E-state index is 12.9. The average molecular weight is 192 g/mol. The van der Waals surface area contributed by atoms with Gasteiger partial charge in [-0.05, 0) is 25.0 Å². The van der Waals surface area contributed by atoms with Crippen LogP contribution in [0.5, 0.6) is 0 Å². The number of anilines is 1. The van der Waals surface area contributed by atoms with Gasteiger partial charge in [0.1, 0.15) is 5.82 Å². The number of urea groups is 1. The van der Waals surface area contributed by atoms with Gasteiger partial charge in [0.25, 0.3) is 0 Å². The van der Waals surface area contributed by atoms with Crippen molar-refractivity contribution in [3.8, 4) is 0 Å². The molecule has 0 bridgehead atoms. The lowest BCUT2D eigenvalue weighted by atomic mass is 10.0. The zero-order chi connectivity index (χ0) is 9.76. The lowest BCUT2D eigenvalue weighted by Crippen LogP contribution is -2.43. The van der Waals surface area contributed by atoms with Crippen LogP contribution in [-0.2, 0) is 5.54 Å². The number of carbonyl (C=O) groups excluding carboxylic acids is 1. The maximum absolute atomic E-state index is 12.9. The van der Waals surface area contributed by atoms with E-state index in [2.05, 4.69) is 10.6 Å². The van der Waals surface area contributed by atoms with Gasteiger partial charge >= 0.3 is 6.03 Å². The number of nitrogens with one attached hydrogen (secondary N) is 2. The first kappa shape index (κ1) is 7.79. The van der Waals surface area contributed by atoms with Gasteiger partial charge in [0.15, 0.2) is 0 Å². The van der Waals surface area contributed by atoms with Crippen molar-refractivity contribution in [1.82, 2.24) is 5.32 Å². The number of hydrogen-bond acceptors (Lipinski definition) is 1. The monoisotopic (exact) mass is 192 g/mol. The molecule has 3 nitrogen and oxygen atoms in total. The van der Waals surface area contributed by atoms with Crippen LogP contribution in [0.15, 0.2) is 18.2 Å². The number of benzene rings is 1. The van der Waals surface area contributed by atoms with E-state index < -0.39 is 0 Å². The predicted molar refractivity (Wildman–Crippen MR) is 49.5 cm³/mol. The molecule has 1 saturated carbocycles. The molecule has 1 heterocycles. The van der Waals surface area contributed by atoms with Gasteiger partial charge in [0.2, 0.25) is 0 Å². The van der Waals surface area contributed by atoms with Gasteiger partial charge in [-0.1, -0.05) is 6.07 Å². The van der Waals surface area contributed by atoms with Crippen LogP contribution in [0, 0.1) is 5.82 Å². The maximum Gasteiger partial charge on any atom is 0.319 e. The van der Waals surface area contributed by atoms with Crippen LogP contribution in [-0.4, -0.2) is 6.03 Å². The number of carbonyl (C=O) groups is 1. The van der Waals surface area contributed by atoms with E-state index in [0.29, 0.717) is 5.69 Å². The first-order valence-corrected chi connectivity index (χ1v) is 4.59. The summed E-state index contributed by atoms with van der Waals surface area (Å²) in [5, 5.41) is 5.48. The summed E-state index contributed by atoms with van der Waals surface area (Å²) in [7, 11) is 0. The van der Waals surface area contributed by atoms with Crippen LogP contribution in [0.4, 0.5) is 14.9 Å². The highest BCUT2D eigenvalue weighted by Gasteiger charge is 2.49. The molecule has 2 amide bonds. The molecule has 14 heavy (non-hydrogen) atoms. The van der Waals surface area contributed by atoms with Gasteiger partial charge in [-0.3, -0.25) is 0 Å². The van der Waals surface area contributed by atoms with E-state index in [1.165, 1.54) is 12.1 Å². The average Bonchev–Trinajstić information content (AvgIpc) is 2.84. The van der Waals surface area contributed by atoms with Crippen molar-refractivity contribution in [2.75, 3.05) is 5.32 Å². The molecule has 1 aliphatic carbocycles. The highest BCUT2D eigenvalue weighted by molar-refractivity contribution is 5.94. The predicted octanol–water partition coefficient (Wildman–Crippen LogP) is 1.95. The van der Waals surface area contributed by atoms with Crippen molar-refractivity contribution in [2.24, 2.45) is 0 Å². The highest BCUT2D eigenvalue weighted by atomic mass is 19.1. The second kappa shape index (κ2) is 2.26. The molecule has 0 unspecified atom stereocenters. The van der Waals surface area contributed by atoms with Gasteiger partial charge < -0.3 is 10.6 Å². The Kier molecular flexibility index (Phi) is 1.26. The molecule has 2 aliphatic rings. The number of hydrogen-bond donors (Lipinski definition) is 2. The van der Waals surface area contributed by atoms with Crippen molar-refractivity contribution >= 4 is 11.7 Å². The summed E-state index contributed by atoms with van der Waals surface area (Å²) in [5.74, 6) is -0.318. The van der Waals surface area contributed by atoms with Gasteiger partial charge in [0.05, 0.1) is 11.2 Å². The summed E-state index contributed by atoms with van der Waals surface area (Å²) in [6, 6.07) is 4.30. The first-order valence-electron chi connectivity index (χ1n) is 4.59. The van der Waals surface area contributed by atoms with Crippen molar-refractivity contribution in [1.29, 1.82) is 0 Å². The molecule has 1 aromatic rings. The van der Waals surface area contributed by atoms with Gasteiger partial charge in [-0.2, -0.15) is 0 Å². The Morgan fingerprint density at radius 1 is 1.36 bits per heavy atom. The molecule has 1 fully saturated rings. The van der Waals surface area contributed by atoms with Gasteiger partial charge in [-0.15, -0.1) is 0 Å². The molecule has 1 aromatic carbocycles. The third-order valence-corrected chi connectivity index (χ3v) is 2.85.